The Hall–Kier alpha value is -1.46. The predicted molar refractivity (Wildman–Crippen MR) is 62.6 cm³/mol. The van der Waals surface area contributed by atoms with Crippen molar-refractivity contribution in [1.82, 2.24) is 20.2 Å². The molecule has 0 unspecified atom stereocenters. The minimum Gasteiger partial charge on any atom is -0.481 e. The average molecular weight is 240 g/mol. The Balaban J connectivity index is 2.37. The molecular weight excluding hydrogens is 220 g/mol. The average Bonchev–Trinajstić information content (AvgIpc) is 2.64. The highest BCUT2D eigenvalue weighted by Crippen LogP contribution is 2.18. The molecule has 0 spiro atoms. The van der Waals surface area contributed by atoms with E-state index in [9.17, 15) is 4.79 Å². The second-order valence-corrected chi connectivity index (χ2v) is 5.18. The van der Waals surface area contributed by atoms with Crippen LogP contribution in [0.1, 0.15) is 52.3 Å². The number of aromatic nitrogens is 4. The second kappa shape index (κ2) is 5.75. The molecule has 0 aliphatic carbocycles. The van der Waals surface area contributed by atoms with Gasteiger partial charge in [0.2, 0.25) is 0 Å². The van der Waals surface area contributed by atoms with Crippen molar-refractivity contribution in [3.05, 3.63) is 5.82 Å². The smallest absolute Gasteiger partial charge is 0.303 e. The van der Waals surface area contributed by atoms with Gasteiger partial charge in [0.1, 0.15) is 0 Å². The van der Waals surface area contributed by atoms with Crippen LogP contribution in [-0.2, 0) is 16.8 Å². The van der Waals surface area contributed by atoms with E-state index in [1.165, 1.54) is 0 Å². The normalized spacial score (nSPS) is 11.7. The van der Waals surface area contributed by atoms with Gasteiger partial charge in [0.25, 0.3) is 0 Å². The molecule has 0 radical (unpaired) electrons. The number of aryl methyl sites for hydroxylation is 1. The number of carboxylic acids is 1. The van der Waals surface area contributed by atoms with Crippen LogP contribution >= 0.6 is 0 Å². The molecule has 1 aromatic heterocycles. The lowest BCUT2D eigenvalue weighted by Gasteiger charge is -2.16. The lowest BCUT2D eigenvalue weighted by molar-refractivity contribution is -0.137. The molecular formula is C11H20N4O2. The van der Waals surface area contributed by atoms with Gasteiger partial charge in [-0.05, 0) is 23.3 Å². The quantitative estimate of drug-likeness (QED) is 0.764. The largest absolute Gasteiger partial charge is 0.481 e. The van der Waals surface area contributed by atoms with Gasteiger partial charge in [-0.15, -0.1) is 5.10 Å². The first kappa shape index (κ1) is 13.6. The highest BCUT2D eigenvalue weighted by atomic mass is 16.4. The summed E-state index contributed by atoms with van der Waals surface area (Å²) >= 11 is 0. The van der Waals surface area contributed by atoms with Gasteiger partial charge in [0.15, 0.2) is 5.82 Å². The van der Waals surface area contributed by atoms with Crippen LogP contribution in [0.5, 0.6) is 0 Å². The number of nitrogens with zero attached hydrogens (tertiary/aromatic N) is 4. The summed E-state index contributed by atoms with van der Waals surface area (Å²) < 4.78 is 1.81. The third-order valence-corrected chi connectivity index (χ3v) is 2.46. The van der Waals surface area contributed by atoms with E-state index >= 15 is 0 Å². The maximum atomic E-state index is 10.3. The van der Waals surface area contributed by atoms with E-state index in [1.54, 1.807) is 4.68 Å². The van der Waals surface area contributed by atoms with Gasteiger partial charge in [-0.25, -0.2) is 4.68 Å². The summed E-state index contributed by atoms with van der Waals surface area (Å²) in [7, 11) is 0. The molecule has 0 saturated carbocycles. The lowest BCUT2D eigenvalue weighted by Crippen LogP contribution is -2.20. The fourth-order valence-corrected chi connectivity index (χ4v) is 1.61. The molecule has 0 aliphatic heterocycles. The van der Waals surface area contributed by atoms with Gasteiger partial charge in [-0.1, -0.05) is 27.2 Å². The predicted octanol–water partition coefficient (Wildman–Crippen LogP) is 1.62. The number of unbranched alkanes of at least 4 members (excludes halogenated alkanes) is 2. The number of aliphatic carboxylic acids is 1. The highest BCUT2D eigenvalue weighted by molar-refractivity contribution is 5.66. The van der Waals surface area contributed by atoms with Gasteiger partial charge in [-0.3, -0.25) is 4.79 Å². The number of hydrogen-bond donors (Lipinski definition) is 1. The zero-order valence-corrected chi connectivity index (χ0v) is 10.7. The summed E-state index contributed by atoms with van der Waals surface area (Å²) in [4.78, 5) is 10.3. The molecule has 0 aliphatic rings. The molecule has 1 rings (SSSR count). The van der Waals surface area contributed by atoms with Crippen molar-refractivity contribution in [1.29, 1.82) is 0 Å². The van der Waals surface area contributed by atoms with Crippen LogP contribution in [0.3, 0.4) is 0 Å². The molecule has 0 aromatic carbocycles. The number of carboxylic acid groups (broad SMARTS) is 1. The van der Waals surface area contributed by atoms with E-state index in [-0.39, 0.29) is 11.8 Å². The Morgan fingerprint density at radius 2 is 2.00 bits per heavy atom. The van der Waals surface area contributed by atoms with Gasteiger partial charge >= 0.3 is 5.97 Å². The SMILES string of the molecule is CC(C)(C)c1nnnn1CCCCCC(=O)O. The molecule has 0 bridgehead atoms. The maximum Gasteiger partial charge on any atom is 0.303 e. The monoisotopic (exact) mass is 240 g/mol. The second-order valence-electron chi connectivity index (χ2n) is 5.18. The number of tetrazole rings is 1. The summed E-state index contributed by atoms with van der Waals surface area (Å²) in [5, 5.41) is 20.2. The Morgan fingerprint density at radius 3 is 2.59 bits per heavy atom. The molecule has 1 heterocycles. The van der Waals surface area contributed by atoms with Crippen molar-refractivity contribution in [2.75, 3.05) is 0 Å². The molecule has 0 saturated heterocycles. The van der Waals surface area contributed by atoms with Gasteiger partial charge in [-0.2, -0.15) is 0 Å². The van der Waals surface area contributed by atoms with Gasteiger partial charge in [0, 0.05) is 18.4 Å². The molecule has 0 fully saturated rings. The van der Waals surface area contributed by atoms with Crippen LogP contribution in [0.25, 0.3) is 0 Å². The van der Waals surface area contributed by atoms with Crippen molar-refractivity contribution in [3.8, 4) is 0 Å². The molecule has 1 aromatic rings. The van der Waals surface area contributed by atoms with Crippen molar-refractivity contribution in [2.24, 2.45) is 0 Å². The van der Waals surface area contributed by atoms with Gasteiger partial charge < -0.3 is 5.11 Å². The molecule has 17 heavy (non-hydrogen) atoms. The molecule has 1 N–H and O–H groups in total. The Bertz CT molecular complexity index is 368. The summed E-state index contributed by atoms with van der Waals surface area (Å²) in [6, 6.07) is 0. The minimum atomic E-state index is -0.734. The molecule has 96 valence electrons. The molecule has 6 nitrogen and oxygen atoms in total. The Kier molecular flexibility index (Phi) is 4.60. The first-order valence-electron chi connectivity index (χ1n) is 5.89. The van der Waals surface area contributed by atoms with Crippen LogP contribution in [0.2, 0.25) is 0 Å². The molecule has 0 amide bonds. The van der Waals surface area contributed by atoms with E-state index in [4.69, 9.17) is 5.11 Å². The zero-order chi connectivity index (χ0) is 12.9. The Morgan fingerprint density at radius 1 is 1.29 bits per heavy atom. The van der Waals surface area contributed by atoms with Crippen LogP contribution in [-0.4, -0.2) is 31.3 Å². The van der Waals surface area contributed by atoms with E-state index in [1.807, 2.05) is 0 Å². The van der Waals surface area contributed by atoms with Crippen LogP contribution < -0.4 is 0 Å². The molecule has 0 atom stereocenters. The minimum absolute atomic E-state index is 0.0649. The lowest BCUT2D eigenvalue weighted by atomic mass is 9.96. The number of carbonyl (C=O) groups is 1. The summed E-state index contributed by atoms with van der Waals surface area (Å²) in [5.74, 6) is 0.138. The highest BCUT2D eigenvalue weighted by Gasteiger charge is 2.21. The van der Waals surface area contributed by atoms with E-state index < -0.39 is 5.97 Å². The topological polar surface area (TPSA) is 80.9 Å². The third kappa shape index (κ3) is 4.50. The van der Waals surface area contributed by atoms with Crippen LogP contribution in [0.15, 0.2) is 0 Å². The van der Waals surface area contributed by atoms with Crippen molar-refractivity contribution >= 4 is 5.97 Å². The van der Waals surface area contributed by atoms with Gasteiger partial charge in [0.05, 0.1) is 0 Å². The molecule has 6 heteroatoms. The first-order chi connectivity index (χ1) is 7.91. The van der Waals surface area contributed by atoms with E-state index in [2.05, 4.69) is 36.3 Å². The third-order valence-electron chi connectivity index (χ3n) is 2.46. The fraction of sp³-hybridized carbons (Fsp3) is 0.818. The van der Waals surface area contributed by atoms with Crippen LogP contribution in [0.4, 0.5) is 0 Å². The van der Waals surface area contributed by atoms with Crippen molar-refractivity contribution in [2.45, 2.75) is 58.4 Å². The standard InChI is InChI=1S/C11H20N4O2/c1-11(2,3)10-12-13-14-15(10)8-6-4-5-7-9(16)17/h4-8H2,1-3H3,(H,16,17). The maximum absolute atomic E-state index is 10.3. The van der Waals surface area contributed by atoms with Crippen LogP contribution in [0, 0.1) is 0 Å². The number of hydrogen-bond acceptors (Lipinski definition) is 4. The summed E-state index contributed by atoms with van der Waals surface area (Å²) in [5.41, 5.74) is -0.0649. The van der Waals surface area contributed by atoms with E-state index in [0.717, 1.165) is 25.2 Å². The van der Waals surface area contributed by atoms with Crippen molar-refractivity contribution in [3.63, 3.8) is 0 Å². The Labute approximate surface area is 101 Å². The van der Waals surface area contributed by atoms with E-state index in [0.29, 0.717) is 6.42 Å². The fourth-order valence-electron chi connectivity index (χ4n) is 1.61. The first-order valence-corrected chi connectivity index (χ1v) is 5.89. The number of rotatable bonds is 6. The zero-order valence-electron chi connectivity index (χ0n) is 10.7. The van der Waals surface area contributed by atoms with Crippen molar-refractivity contribution < 1.29 is 9.90 Å². The summed E-state index contributed by atoms with van der Waals surface area (Å²) in [6.45, 7) is 6.96. The summed E-state index contributed by atoms with van der Waals surface area (Å²) in [6.07, 6.45) is 2.74.